The molecule has 0 aliphatic carbocycles. The first-order valence-electron chi connectivity index (χ1n) is 8.89. The van der Waals surface area contributed by atoms with Gasteiger partial charge in [-0.05, 0) is 25.5 Å². The van der Waals surface area contributed by atoms with Gasteiger partial charge in [-0.15, -0.1) is 0 Å². The van der Waals surface area contributed by atoms with E-state index >= 15 is 0 Å². The SMILES string of the molecule is CCOC(=O)OC1=C(c2c(F)ccc(C)c2Cl)C(=O)OC12CCN(OC)CC2. The van der Waals surface area contributed by atoms with Crippen molar-refractivity contribution in [2.45, 2.75) is 32.3 Å². The predicted molar refractivity (Wildman–Crippen MR) is 97.8 cm³/mol. The van der Waals surface area contributed by atoms with E-state index in [1.54, 1.807) is 18.9 Å². The number of halogens is 2. The Balaban J connectivity index is 2.14. The standard InChI is InChI=1S/C19H21ClFNO6/c1-4-26-18(24)27-16-14(13-12(21)6-5-11(2)15(13)20)17(23)28-19(16)7-9-22(25-3)10-8-19/h5-6H,4,7-10H2,1-3H3. The molecule has 1 aromatic rings. The zero-order valence-electron chi connectivity index (χ0n) is 15.8. The van der Waals surface area contributed by atoms with E-state index in [0.29, 0.717) is 31.5 Å². The fourth-order valence-electron chi connectivity index (χ4n) is 3.43. The number of nitrogens with zero attached hydrogens (tertiary/aromatic N) is 1. The molecule has 0 radical (unpaired) electrons. The van der Waals surface area contributed by atoms with Crippen LogP contribution >= 0.6 is 11.6 Å². The van der Waals surface area contributed by atoms with Gasteiger partial charge in [0.25, 0.3) is 0 Å². The smallest absolute Gasteiger partial charge is 0.447 e. The molecular formula is C19H21ClFNO6. The summed E-state index contributed by atoms with van der Waals surface area (Å²) in [6, 6.07) is 2.71. The van der Waals surface area contributed by atoms with Crippen molar-refractivity contribution in [3.63, 3.8) is 0 Å². The summed E-state index contributed by atoms with van der Waals surface area (Å²) < 4.78 is 30.5. The third-order valence-electron chi connectivity index (χ3n) is 4.90. The highest BCUT2D eigenvalue weighted by Crippen LogP contribution is 2.47. The van der Waals surface area contributed by atoms with Crippen molar-refractivity contribution in [3.05, 3.63) is 39.9 Å². The van der Waals surface area contributed by atoms with Crippen LogP contribution in [0.1, 0.15) is 30.9 Å². The number of ether oxygens (including phenoxy) is 3. The molecule has 28 heavy (non-hydrogen) atoms. The van der Waals surface area contributed by atoms with Gasteiger partial charge in [-0.25, -0.2) is 14.0 Å². The molecule has 1 fully saturated rings. The van der Waals surface area contributed by atoms with Gasteiger partial charge in [0, 0.05) is 31.5 Å². The first-order chi connectivity index (χ1) is 13.3. The molecule has 0 N–H and O–H groups in total. The second-order valence-corrected chi connectivity index (χ2v) is 6.92. The van der Waals surface area contributed by atoms with Crippen LogP contribution in [0.2, 0.25) is 5.02 Å². The van der Waals surface area contributed by atoms with E-state index in [2.05, 4.69) is 0 Å². The minimum absolute atomic E-state index is 0.0586. The molecule has 1 spiro atoms. The molecule has 7 nitrogen and oxygen atoms in total. The molecule has 0 saturated carbocycles. The lowest BCUT2D eigenvalue weighted by Gasteiger charge is -2.37. The lowest BCUT2D eigenvalue weighted by molar-refractivity contribution is -0.183. The minimum atomic E-state index is -1.21. The molecule has 152 valence electrons. The Labute approximate surface area is 166 Å². The third-order valence-corrected chi connectivity index (χ3v) is 5.39. The van der Waals surface area contributed by atoms with E-state index in [9.17, 15) is 14.0 Å². The Morgan fingerprint density at radius 2 is 2.04 bits per heavy atom. The molecule has 0 amide bonds. The second kappa shape index (κ2) is 8.06. The van der Waals surface area contributed by atoms with Gasteiger partial charge in [0.15, 0.2) is 11.4 Å². The number of piperidine rings is 1. The van der Waals surface area contributed by atoms with Crippen molar-refractivity contribution >= 4 is 29.3 Å². The molecule has 0 aromatic heterocycles. The van der Waals surface area contributed by atoms with Crippen LogP contribution in [0.15, 0.2) is 17.9 Å². The Morgan fingerprint density at radius 3 is 2.64 bits per heavy atom. The molecule has 0 bridgehead atoms. The van der Waals surface area contributed by atoms with Crippen molar-refractivity contribution in [2.24, 2.45) is 0 Å². The summed E-state index contributed by atoms with van der Waals surface area (Å²) in [7, 11) is 1.54. The summed E-state index contributed by atoms with van der Waals surface area (Å²) >= 11 is 6.30. The van der Waals surface area contributed by atoms with E-state index < -0.39 is 23.5 Å². The number of hydrogen-bond donors (Lipinski definition) is 0. The maximum Gasteiger partial charge on any atom is 0.513 e. The van der Waals surface area contributed by atoms with E-state index in [1.807, 2.05) is 0 Å². The van der Waals surface area contributed by atoms with Gasteiger partial charge in [0.1, 0.15) is 11.4 Å². The zero-order chi connectivity index (χ0) is 20.5. The average molecular weight is 414 g/mol. The Kier molecular flexibility index (Phi) is 5.92. The molecule has 2 aliphatic rings. The van der Waals surface area contributed by atoms with Gasteiger partial charge >= 0.3 is 12.1 Å². The van der Waals surface area contributed by atoms with Crippen molar-refractivity contribution in [3.8, 4) is 0 Å². The summed E-state index contributed by atoms with van der Waals surface area (Å²) in [5, 5.41) is 1.75. The van der Waals surface area contributed by atoms with Gasteiger partial charge in [0.05, 0.1) is 18.7 Å². The van der Waals surface area contributed by atoms with Crippen LogP contribution in [0.4, 0.5) is 9.18 Å². The molecular weight excluding hydrogens is 393 g/mol. The van der Waals surface area contributed by atoms with Crippen molar-refractivity contribution in [2.75, 3.05) is 26.8 Å². The molecule has 0 atom stereocenters. The van der Waals surface area contributed by atoms with Crippen LogP contribution < -0.4 is 0 Å². The van der Waals surface area contributed by atoms with Crippen molar-refractivity contribution in [1.29, 1.82) is 0 Å². The lowest BCUT2D eigenvalue weighted by atomic mass is 9.88. The molecule has 0 unspecified atom stereocenters. The number of carbonyl (C=O) groups excluding carboxylic acids is 2. The largest absolute Gasteiger partial charge is 0.513 e. The Bertz CT molecular complexity index is 832. The third kappa shape index (κ3) is 3.59. The number of rotatable bonds is 4. The highest BCUT2D eigenvalue weighted by atomic mass is 35.5. The number of hydrogen-bond acceptors (Lipinski definition) is 7. The lowest BCUT2D eigenvalue weighted by Crippen LogP contribution is -2.46. The zero-order valence-corrected chi connectivity index (χ0v) is 16.6. The van der Waals surface area contributed by atoms with Gasteiger partial charge in [-0.2, -0.15) is 5.06 Å². The maximum atomic E-state index is 14.7. The van der Waals surface area contributed by atoms with Crippen LogP contribution in [0.3, 0.4) is 0 Å². The minimum Gasteiger partial charge on any atom is -0.447 e. The fourth-order valence-corrected chi connectivity index (χ4v) is 3.68. The molecule has 2 heterocycles. The van der Waals surface area contributed by atoms with E-state index in [-0.39, 0.29) is 28.5 Å². The van der Waals surface area contributed by atoms with Crippen LogP contribution in [0.25, 0.3) is 5.57 Å². The van der Waals surface area contributed by atoms with E-state index in [1.165, 1.54) is 19.2 Å². The summed E-state index contributed by atoms with van der Waals surface area (Å²) in [5.41, 5.74) is -0.973. The van der Waals surface area contributed by atoms with Gasteiger partial charge in [-0.1, -0.05) is 17.7 Å². The Morgan fingerprint density at radius 1 is 1.36 bits per heavy atom. The van der Waals surface area contributed by atoms with E-state index in [0.717, 1.165) is 0 Å². The fraction of sp³-hybridized carbons (Fsp3) is 0.474. The molecule has 1 saturated heterocycles. The molecule has 2 aliphatic heterocycles. The number of hydroxylamine groups is 2. The number of carbonyl (C=O) groups is 2. The summed E-state index contributed by atoms with van der Waals surface area (Å²) in [6.07, 6.45) is -0.391. The summed E-state index contributed by atoms with van der Waals surface area (Å²) in [4.78, 5) is 30.0. The Hall–Kier alpha value is -2.16. The van der Waals surface area contributed by atoms with Gasteiger partial charge in [-0.3, -0.25) is 0 Å². The predicted octanol–water partition coefficient (Wildman–Crippen LogP) is 3.62. The van der Waals surface area contributed by atoms with Gasteiger partial charge < -0.3 is 19.0 Å². The quantitative estimate of drug-likeness (QED) is 0.698. The normalized spacial score (nSPS) is 19.1. The van der Waals surface area contributed by atoms with Crippen LogP contribution in [-0.4, -0.2) is 49.6 Å². The molecule has 9 heteroatoms. The number of esters is 1. The number of aryl methyl sites for hydroxylation is 1. The summed E-state index contributed by atoms with van der Waals surface area (Å²) in [5.74, 6) is -1.58. The second-order valence-electron chi connectivity index (χ2n) is 6.54. The van der Waals surface area contributed by atoms with Crippen LogP contribution in [0, 0.1) is 12.7 Å². The van der Waals surface area contributed by atoms with Crippen molar-refractivity contribution < 1.29 is 33.0 Å². The van der Waals surface area contributed by atoms with Crippen LogP contribution in [0.5, 0.6) is 0 Å². The van der Waals surface area contributed by atoms with Crippen molar-refractivity contribution in [1.82, 2.24) is 5.06 Å². The average Bonchev–Trinajstić information content (AvgIpc) is 2.91. The van der Waals surface area contributed by atoms with Crippen LogP contribution in [-0.2, 0) is 23.8 Å². The maximum absolute atomic E-state index is 14.7. The highest BCUT2D eigenvalue weighted by Gasteiger charge is 2.53. The van der Waals surface area contributed by atoms with Gasteiger partial charge in [0.2, 0.25) is 0 Å². The summed E-state index contributed by atoms with van der Waals surface area (Å²) in [6.45, 7) is 4.25. The first-order valence-corrected chi connectivity index (χ1v) is 9.27. The monoisotopic (exact) mass is 413 g/mol. The molecule has 1 aromatic carbocycles. The highest BCUT2D eigenvalue weighted by molar-refractivity contribution is 6.35. The first kappa shape index (κ1) is 20.6. The van der Waals surface area contributed by atoms with E-state index in [4.69, 9.17) is 30.6 Å². The topological polar surface area (TPSA) is 74.3 Å². The molecule has 3 rings (SSSR count). The number of benzene rings is 1.